The fraction of sp³-hybridized carbons (Fsp3) is 0.400. The lowest BCUT2D eigenvalue weighted by atomic mass is 9.76. The van der Waals surface area contributed by atoms with Gasteiger partial charge in [0.15, 0.2) is 5.76 Å². The molecule has 156 valence electrons. The second-order valence-electron chi connectivity index (χ2n) is 8.34. The van der Waals surface area contributed by atoms with Gasteiger partial charge < -0.3 is 14.0 Å². The SMILES string of the molecule is Fc1ccc(O[C@H]2c3ccccc3CCC2CC2CCOCC2)c(-c2ccno2)c1. The fourth-order valence-electron chi connectivity index (χ4n) is 4.89. The molecule has 0 N–H and O–H groups in total. The minimum Gasteiger partial charge on any atom is -0.485 e. The van der Waals surface area contributed by atoms with E-state index in [1.165, 1.54) is 23.3 Å². The molecule has 0 saturated carbocycles. The summed E-state index contributed by atoms with van der Waals surface area (Å²) < 4.78 is 31.5. The first-order valence-electron chi connectivity index (χ1n) is 10.8. The molecule has 2 aliphatic rings. The number of hydrogen-bond acceptors (Lipinski definition) is 4. The predicted molar refractivity (Wildman–Crippen MR) is 112 cm³/mol. The molecule has 2 aromatic carbocycles. The van der Waals surface area contributed by atoms with Crippen LogP contribution in [0, 0.1) is 17.7 Å². The lowest BCUT2D eigenvalue weighted by Crippen LogP contribution is -2.29. The molecule has 2 atom stereocenters. The summed E-state index contributed by atoms with van der Waals surface area (Å²) in [5.41, 5.74) is 3.18. The van der Waals surface area contributed by atoms with Crippen LogP contribution in [0.3, 0.4) is 0 Å². The molecule has 4 nitrogen and oxygen atoms in total. The van der Waals surface area contributed by atoms with Crippen molar-refractivity contribution in [3.63, 3.8) is 0 Å². The van der Waals surface area contributed by atoms with E-state index < -0.39 is 0 Å². The first-order valence-corrected chi connectivity index (χ1v) is 10.8. The third kappa shape index (κ3) is 3.99. The molecule has 3 aromatic rings. The average Bonchev–Trinajstić information content (AvgIpc) is 3.32. The zero-order valence-electron chi connectivity index (χ0n) is 16.9. The van der Waals surface area contributed by atoms with Gasteiger partial charge in [-0.05, 0) is 67.3 Å². The number of aryl methyl sites for hydroxylation is 1. The van der Waals surface area contributed by atoms with Gasteiger partial charge in [0.2, 0.25) is 0 Å². The second kappa shape index (κ2) is 8.60. The molecule has 1 fully saturated rings. The van der Waals surface area contributed by atoms with Crippen molar-refractivity contribution in [2.75, 3.05) is 13.2 Å². The number of hydrogen-bond donors (Lipinski definition) is 0. The first-order chi connectivity index (χ1) is 14.8. The molecule has 30 heavy (non-hydrogen) atoms. The van der Waals surface area contributed by atoms with Crippen molar-refractivity contribution < 1.29 is 18.4 Å². The standard InChI is InChI=1S/C25H26FNO3/c26-20-7-8-23(22(16-20)24-9-12-27-30-24)29-25-19(15-17-10-13-28-14-11-17)6-5-18-3-1-2-4-21(18)25/h1-4,7-9,12,16-17,19,25H,5-6,10-11,13-15H2/t19?,25-/m1/s1. The molecule has 0 bridgehead atoms. The summed E-state index contributed by atoms with van der Waals surface area (Å²) in [6, 6.07) is 14.9. The predicted octanol–water partition coefficient (Wildman–Crippen LogP) is 5.98. The smallest absolute Gasteiger partial charge is 0.170 e. The molecule has 1 aliphatic carbocycles. The van der Waals surface area contributed by atoms with Crippen LogP contribution in [-0.4, -0.2) is 18.4 Å². The molecule has 1 unspecified atom stereocenters. The van der Waals surface area contributed by atoms with Gasteiger partial charge >= 0.3 is 0 Å². The highest BCUT2D eigenvalue weighted by molar-refractivity contribution is 5.65. The van der Waals surface area contributed by atoms with Crippen LogP contribution in [0.15, 0.2) is 59.3 Å². The Labute approximate surface area is 176 Å². The summed E-state index contributed by atoms with van der Waals surface area (Å²) in [5, 5.41) is 3.78. The molecule has 5 heteroatoms. The van der Waals surface area contributed by atoms with E-state index in [2.05, 4.69) is 29.4 Å². The number of benzene rings is 2. The highest BCUT2D eigenvalue weighted by Gasteiger charge is 2.34. The van der Waals surface area contributed by atoms with E-state index in [1.807, 2.05) is 0 Å². The van der Waals surface area contributed by atoms with Crippen molar-refractivity contribution in [1.29, 1.82) is 0 Å². The monoisotopic (exact) mass is 407 g/mol. The van der Waals surface area contributed by atoms with Crippen molar-refractivity contribution in [2.24, 2.45) is 11.8 Å². The van der Waals surface area contributed by atoms with Crippen molar-refractivity contribution in [1.82, 2.24) is 5.16 Å². The highest BCUT2D eigenvalue weighted by Crippen LogP contribution is 2.44. The van der Waals surface area contributed by atoms with Gasteiger partial charge in [-0.1, -0.05) is 29.4 Å². The zero-order valence-corrected chi connectivity index (χ0v) is 16.9. The van der Waals surface area contributed by atoms with Crippen LogP contribution in [0.25, 0.3) is 11.3 Å². The first kappa shape index (κ1) is 19.3. The third-order valence-corrected chi connectivity index (χ3v) is 6.45. The maximum atomic E-state index is 14.0. The number of rotatable bonds is 5. The Morgan fingerprint density at radius 2 is 1.90 bits per heavy atom. The maximum absolute atomic E-state index is 14.0. The van der Waals surface area contributed by atoms with Gasteiger partial charge in [0, 0.05) is 25.2 Å². The Morgan fingerprint density at radius 1 is 1.03 bits per heavy atom. The van der Waals surface area contributed by atoms with E-state index in [0.29, 0.717) is 28.9 Å². The molecule has 0 spiro atoms. The molecular weight excluding hydrogens is 381 g/mol. The van der Waals surface area contributed by atoms with E-state index >= 15 is 0 Å². The summed E-state index contributed by atoms with van der Waals surface area (Å²) in [6.45, 7) is 1.71. The lowest BCUT2D eigenvalue weighted by molar-refractivity contribution is 0.0401. The summed E-state index contributed by atoms with van der Waals surface area (Å²) in [5.74, 6) is 1.90. The van der Waals surface area contributed by atoms with Gasteiger partial charge in [0.25, 0.3) is 0 Å². The number of aromatic nitrogens is 1. The van der Waals surface area contributed by atoms with Crippen molar-refractivity contribution in [2.45, 2.75) is 38.2 Å². The van der Waals surface area contributed by atoms with Gasteiger partial charge in [-0.2, -0.15) is 0 Å². The summed E-state index contributed by atoms with van der Waals surface area (Å²) in [7, 11) is 0. The van der Waals surface area contributed by atoms with Crippen LogP contribution in [-0.2, 0) is 11.2 Å². The summed E-state index contributed by atoms with van der Waals surface area (Å²) in [6.07, 6.45) is 7.02. The van der Waals surface area contributed by atoms with Gasteiger partial charge in [-0.15, -0.1) is 0 Å². The van der Waals surface area contributed by atoms with Crippen LogP contribution in [0.4, 0.5) is 4.39 Å². The van der Waals surface area contributed by atoms with Crippen molar-refractivity contribution >= 4 is 0 Å². The van der Waals surface area contributed by atoms with Gasteiger partial charge in [-0.25, -0.2) is 4.39 Å². The minimum absolute atomic E-state index is 0.0649. The van der Waals surface area contributed by atoms with E-state index in [4.69, 9.17) is 14.0 Å². The summed E-state index contributed by atoms with van der Waals surface area (Å²) in [4.78, 5) is 0. The third-order valence-electron chi connectivity index (χ3n) is 6.45. The quantitative estimate of drug-likeness (QED) is 0.522. The molecular formula is C25H26FNO3. The topological polar surface area (TPSA) is 44.5 Å². The van der Waals surface area contributed by atoms with E-state index in [0.717, 1.165) is 45.3 Å². The Kier molecular flexibility index (Phi) is 5.54. The van der Waals surface area contributed by atoms with Gasteiger partial charge in [-0.3, -0.25) is 0 Å². The van der Waals surface area contributed by atoms with Crippen molar-refractivity contribution in [3.05, 3.63) is 71.7 Å². The number of ether oxygens (including phenoxy) is 2. The number of nitrogens with zero attached hydrogens (tertiary/aromatic N) is 1. The van der Waals surface area contributed by atoms with Gasteiger partial charge in [0.05, 0.1) is 11.8 Å². The van der Waals surface area contributed by atoms with E-state index in [9.17, 15) is 4.39 Å². The Hall–Kier alpha value is -2.66. The molecule has 1 saturated heterocycles. The normalized spacial score (nSPS) is 21.9. The number of fused-ring (bicyclic) bond motifs is 1. The lowest BCUT2D eigenvalue weighted by Gasteiger charge is -2.37. The van der Waals surface area contributed by atoms with E-state index in [1.54, 1.807) is 18.3 Å². The van der Waals surface area contributed by atoms with Crippen LogP contribution >= 0.6 is 0 Å². The largest absolute Gasteiger partial charge is 0.485 e. The van der Waals surface area contributed by atoms with Crippen molar-refractivity contribution in [3.8, 4) is 17.1 Å². The molecule has 0 radical (unpaired) electrons. The molecule has 2 heterocycles. The zero-order chi connectivity index (χ0) is 20.3. The number of halogens is 1. The highest BCUT2D eigenvalue weighted by atomic mass is 19.1. The molecule has 1 aliphatic heterocycles. The minimum atomic E-state index is -0.323. The summed E-state index contributed by atoms with van der Waals surface area (Å²) >= 11 is 0. The Balaban J connectivity index is 1.48. The van der Waals surface area contributed by atoms with E-state index in [-0.39, 0.29) is 11.9 Å². The van der Waals surface area contributed by atoms with Gasteiger partial charge in [0.1, 0.15) is 17.7 Å². The van der Waals surface area contributed by atoms with Crippen LogP contribution < -0.4 is 4.74 Å². The average molecular weight is 407 g/mol. The second-order valence-corrected chi connectivity index (χ2v) is 8.34. The molecule has 0 amide bonds. The molecule has 1 aromatic heterocycles. The van der Waals surface area contributed by atoms with Crippen LogP contribution in [0.1, 0.15) is 42.9 Å². The Bertz CT molecular complexity index is 982. The fourth-order valence-corrected chi connectivity index (χ4v) is 4.89. The maximum Gasteiger partial charge on any atom is 0.170 e. The Morgan fingerprint density at radius 3 is 2.73 bits per heavy atom. The van der Waals surface area contributed by atoms with Crippen LogP contribution in [0.5, 0.6) is 5.75 Å². The van der Waals surface area contributed by atoms with Crippen LogP contribution in [0.2, 0.25) is 0 Å². The molecule has 5 rings (SSSR count).